The van der Waals surface area contributed by atoms with Gasteiger partial charge in [0.15, 0.2) is 17.3 Å². The van der Waals surface area contributed by atoms with Crippen LogP contribution in [-0.2, 0) is 10.0 Å². The van der Waals surface area contributed by atoms with E-state index in [1.54, 1.807) is 0 Å². The molecule has 0 unspecified atom stereocenters. The van der Waals surface area contributed by atoms with E-state index in [1.165, 1.54) is 78.9 Å². The summed E-state index contributed by atoms with van der Waals surface area (Å²) in [4.78, 5) is 12.4. The number of rotatable bonds is 6. The molecule has 0 spiro atoms. The summed E-state index contributed by atoms with van der Waals surface area (Å²) < 4.78 is 27.2. The normalized spacial score (nSPS) is 11.4. The minimum absolute atomic E-state index is 0.0358. The van der Waals surface area contributed by atoms with Gasteiger partial charge in [0.05, 0.1) is 4.90 Å². The van der Waals surface area contributed by atoms with Gasteiger partial charge in [-0.25, -0.2) is 8.42 Å². The highest BCUT2D eigenvalue weighted by molar-refractivity contribution is 7.92. The molecule has 0 aliphatic carbocycles. The molecule has 0 radical (unpaired) electrons. The number of ketones is 1. The first kappa shape index (κ1) is 20.0. The Balaban J connectivity index is 1.80. The van der Waals surface area contributed by atoms with Crippen molar-refractivity contribution in [2.24, 2.45) is 0 Å². The number of carbonyl (C=O) groups is 1. The summed E-state index contributed by atoms with van der Waals surface area (Å²) in [5.74, 6) is -1.11. The van der Waals surface area contributed by atoms with Crippen LogP contribution < -0.4 is 4.72 Å². The summed E-state index contributed by atoms with van der Waals surface area (Å²) in [6, 6.07) is 15.3. The Hall–Kier alpha value is -3.78. The third-order valence-electron chi connectivity index (χ3n) is 4.01. The van der Waals surface area contributed by atoms with Gasteiger partial charge in [-0.05, 0) is 54.6 Å². The highest BCUT2D eigenvalue weighted by Gasteiger charge is 2.15. The van der Waals surface area contributed by atoms with Crippen LogP contribution in [0.5, 0.6) is 17.2 Å². The molecule has 4 N–H and O–H groups in total. The number of hydrogen-bond donors (Lipinski definition) is 4. The van der Waals surface area contributed by atoms with Crippen LogP contribution in [0.3, 0.4) is 0 Å². The molecule has 29 heavy (non-hydrogen) atoms. The predicted octanol–water partition coefficient (Wildman–Crippen LogP) is 3.50. The van der Waals surface area contributed by atoms with Crippen molar-refractivity contribution in [3.63, 3.8) is 0 Å². The molecule has 0 aromatic heterocycles. The van der Waals surface area contributed by atoms with Crippen molar-refractivity contribution in [1.82, 2.24) is 0 Å². The Bertz CT molecular complexity index is 1180. The first-order valence-corrected chi connectivity index (χ1v) is 9.90. The lowest BCUT2D eigenvalue weighted by Gasteiger charge is -2.09. The Morgan fingerprint density at radius 1 is 0.897 bits per heavy atom. The molecule has 0 saturated carbocycles. The van der Waals surface area contributed by atoms with Gasteiger partial charge in [-0.1, -0.05) is 24.3 Å². The molecule has 0 saturated heterocycles. The van der Waals surface area contributed by atoms with Crippen LogP contribution in [0.15, 0.2) is 77.7 Å². The molecule has 0 amide bonds. The number of carbonyl (C=O) groups excluding carboxylic acids is 1. The van der Waals surface area contributed by atoms with E-state index >= 15 is 0 Å². The summed E-state index contributed by atoms with van der Waals surface area (Å²) in [5, 5.41) is 28.5. The highest BCUT2D eigenvalue weighted by Crippen LogP contribution is 2.29. The molecule has 0 aliphatic heterocycles. The SMILES string of the molecule is O=C(/C=C/c1cccc(O)c1O)c1cccc(NS(=O)(=O)c2ccc(O)cc2)c1. The Morgan fingerprint density at radius 3 is 2.31 bits per heavy atom. The van der Waals surface area contributed by atoms with Crippen LogP contribution >= 0.6 is 0 Å². The van der Waals surface area contributed by atoms with E-state index in [0.717, 1.165) is 0 Å². The van der Waals surface area contributed by atoms with Crippen LogP contribution in [0.25, 0.3) is 6.08 Å². The van der Waals surface area contributed by atoms with Crippen LogP contribution in [0.1, 0.15) is 15.9 Å². The summed E-state index contributed by atoms with van der Waals surface area (Å²) in [6.45, 7) is 0. The molecule has 7 nitrogen and oxygen atoms in total. The monoisotopic (exact) mass is 411 g/mol. The molecule has 0 fully saturated rings. The van der Waals surface area contributed by atoms with Crippen molar-refractivity contribution < 1.29 is 28.5 Å². The molecule has 0 bridgehead atoms. The van der Waals surface area contributed by atoms with E-state index in [4.69, 9.17) is 0 Å². The fraction of sp³-hybridized carbons (Fsp3) is 0. The van der Waals surface area contributed by atoms with Crippen molar-refractivity contribution >= 4 is 27.6 Å². The zero-order chi connectivity index (χ0) is 21.0. The third-order valence-corrected chi connectivity index (χ3v) is 5.40. The van der Waals surface area contributed by atoms with Gasteiger partial charge in [0.1, 0.15) is 5.75 Å². The third kappa shape index (κ3) is 4.74. The summed E-state index contributed by atoms with van der Waals surface area (Å²) in [6.07, 6.45) is 2.56. The number of para-hydroxylation sites is 1. The van der Waals surface area contributed by atoms with Crippen molar-refractivity contribution in [3.8, 4) is 17.2 Å². The van der Waals surface area contributed by atoms with Gasteiger partial charge in [0.2, 0.25) is 0 Å². The fourth-order valence-electron chi connectivity index (χ4n) is 2.52. The number of aromatic hydroxyl groups is 3. The molecule has 148 valence electrons. The largest absolute Gasteiger partial charge is 0.508 e. The van der Waals surface area contributed by atoms with E-state index in [1.807, 2.05) is 0 Å². The molecular formula is C21H17NO6S. The number of phenols is 3. The lowest BCUT2D eigenvalue weighted by Crippen LogP contribution is -2.13. The second-order valence-corrected chi connectivity index (χ2v) is 7.78. The number of benzene rings is 3. The van der Waals surface area contributed by atoms with Gasteiger partial charge < -0.3 is 15.3 Å². The Morgan fingerprint density at radius 2 is 1.59 bits per heavy atom. The van der Waals surface area contributed by atoms with E-state index in [0.29, 0.717) is 0 Å². The van der Waals surface area contributed by atoms with Crippen LogP contribution in [-0.4, -0.2) is 29.5 Å². The molecule has 8 heteroatoms. The first-order valence-electron chi connectivity index (χ1n) is 8.41. The number of sulfonamides is 1. The quantitative estimate of drug-likeness (QED) is 0.280. The second kappa shape index (κ2) is 8.07. The van der Waals surface area contributed by atoms with E-state index < -0.39 is 15.8 Å². The summed E-state index contributed by atoms with van der Waals surface area (Å²) in [7, 11) is -3.89. The van der Waals surface area contributed by atoms with Gasteiger partial charge in [0, 0.05) is 16.8 Å². The maximum atomic E-state index is 12.4. The molecule has 3 aromatic rings. The summed E-state index contributed by atoms with van der Waals surface area (Å²) in [5.41, 5.74) is 0.687. The van der Waals surface area contributed by atoms with Crippen LogP contribution in [0.2, 0.25) is 0 Å². The lowest BCUT2D eigenvalue weighted by molar-refractivity contribution is 0.104. The molecule has 3 aromatic carbocycles. The number of allylic oxidation sites excluding steroid dienone is 1. The van der Waals surface area contributed by atoms with E-state index in [-0.39, 0.29) is 39.0 Å². The number of anilines is 1. The molecular weight excluding hydrogens is 394 g/mol. The zero-order valence-corrected chi connectivity index (χ0v) is 15.8. The minimum atomic E-state index is -3.89. The van der Waals surface area contributed by atoms with Crippen molar-refractivity contribution in [3.05, 3.63) is 83.9 Å². The second-order valence-electron chi connectivity index (χ2n) is 6.09. The number of nitrogens with one attached hydrogen (secondary N) is 1. The topological polar surface area (TPSA) is 124 Å². The first-order chi connectivity index (χ1) is 13.8. The molecule has 3 rings (SSSR count). The smallest absolute Gasteiger partial charge is 0.261 e. The zero-order valence-electron chi connectivity index (χ0n) is 15.0. The minimum Gasteiger partial charge on any atom is -0.508 e. The van der Waals surface area contributed by atoms with Crippen molar-refractivity contribution in [2.75, 3.05) is 4.72 Å². The average molecular weight is 411 g/mol. The van der Waals surface area contributed by atoms with Gasteiger partial charge in [-0.15, -0.1) is 0 Å². The average Bonchev–Trinajstić information content (AvgIpc) is 2.69. The molecule has 0 aliphatic rings. The van der Waals surface area contributed by atoms with Gasteiger partial charge in [-0.3, -0.25) is 9.52 Å². The molecule has 0 heterocycles. The fourth-order valence-corrected chi connectivity index (χ4v) is 3.57. The number of hydrogen-bond acceptors (Lipinski definition) is 6. The Kier molecular flexibility index (Phi) is 5.56. The predicted molar refractivity (Wildman–Crippen MR) is 108 cm³/mol. The van der Waals surface area contributed by atoms with Gasteiger partial charge in [0.25, 0.3) is 10.0 Å². The van der Waals surface area contributed by atoms with Crippen LogP contribution in [0.4, 0.5) is 5.69 Å². The standard InChI is InChI=1S/C21H17NO6S/c23-17-8-10-18(11-9-17)29(27,28)22-16-5-1-4-15(13-16)19(24)12-7-14-3-2-6-20(25)21(14)26/h1-13,22-23,25-26H/b12-7+. The lowest BCUT2D eigenvalue weighted by atomic mass is 10.1. The van der Waals surface area contributed by atoms with E-state index in [2.05, 4.69) is 4.72 Å². The maximum absolute atomic E-state index is 12.4. The summed E-state index contributed by atoms with van der Waals surface area (Å²) >= 11 is 0. The van der Waals surface area contributed by atoms with Crippen molar-refractivity contribution in [1.29, 1.82) is 0 Å². The Labute approximate surface area is 167 Å². The maximum Gasteiger partial charge on any atom is 0.261 e. The number of phenolic OH excluding ortho intramolecular Hbond substituents is 3. The highest BCUT2D eigenvalue weighted by atomic mass is 32.2. The molecule has 0 atom stereocenters. The van der Waals surface area contributed by atoms with Crippen LogP contribution in [0, 0.1) is 0 Å². The van der Waals surface area contributed by atoms with Gasteiger partial charge in [-0.2, -0.15) is 0 Å². The van der Waals surface area contributed by atoms with E-state index in [9.17, 15) is 28.5 Å². The van der Waals surface area contributed by atoms with Crippen molar-refractivity contribution in [2.45, 2.75) is 4.90 Å². The van der Waals surface area contributed by atoms with Gasteiger partial charge >= 0.3 is 0 Å².